The molecular formula is C24H28ClFN2O2. The predicted octanol–water partition coefficient (Wildman–Crippen LogP) is 4.80. The number of carbonyl (C=O) groups is 1. The third-order valence-corrected chi connectivity index (χ3v) is 6.27. The molecule has 1 unspecified atom stereocenters. The molecule has 30 heavy (non-hydrogen) atoms. The number of likely N-dealkylation sites (tertiary alicyclic amines) is 1. The van der Waals surface area contributed by atoms with Gasteiger partial charge in [0.1, 0.15) is 18.2 Å². The van der Waals surface area contributed by atoms with E-state index < -0.39 is 0 Å². The number of hydrogen-bond donors (Lipinski definition) is 1. The number of nitrogens with zero attached hydrogens (tertiary/aromatic N) is 1. The van der Waals surface area contributed by atoms with Gasteiger partial charge in [0.05, 0.1) is 5.02 Å². The average Bonchev–Trinajstić information content (AvgIpc) is 3.59. The fourth-order valence-corrected chi connectivity index (χ4v) is 4.26. The molecule has 1 N–H and O–H groups in total. The SMILES string of the molecule is O=C(C1CC1)N1CCCC(CNCc2ccccc2OCc2c(F)cccc2Cl)C1. The van der Waals surface area contributed by atoms with E-state index >= 15 is 0 Å². The van der Waals surface area contributed by atoms with Gasteiger partial charge in [-0.25, -0.2) is 4.39 Å². The lowest BCUT2D eigenvalue weighted by Crippen LogP contribution is -2.43. The molecule has 1 aliphatic carbocycles. The number of nitrogens with one attached hydrogen (secondary N) is 1. The van der Waals surface area contributed by atoms with Gasteiger partial charge in [-0.05, 0) is 56.3 Å². The number of halogens is 2. The molecule has 0 spiro atoms. The van der Waals surface area contributed by atoms with Gasteiger partial charge in [0, 0.05) is 36.7 Å². The summed E-state index contributed by atoms with van der Waals surface area (Å²) in [5.41, 5.74) is 1.39. The van der Waals surface area contributed by atoms with Crippen molar-refractivity contribution in [1.82, 2.24) is 10.2 Å². The molecule has 4 nitrogen and oxygen atoms in total. The van der Waals surface area contributed by atoms with Crippen molar-refractivity contribution >= 4 is 17.5 Å². The number of rotatable bonds is 8. The second-order valence-corrected chi connectivity index (χ2v) is 8.70. The third kappa shape index (κ3) is 5.32. The second kappa shape index (κ2) is 9.80. The second-order valence-electron chi connectivity index (χ2n) is 8.29. The zero-order valence-electron chi connectivity index (χ0n) is 17.1. The van der Waals surface area contributed by atoms with Crippen LogP contribution in [0.4, 0.5) is 4.39 Å². The molecule has 160 valence electrons. The van der Waals surface area contributed by atoms with Crippen LogP contribution in [0, 0.1) is 17.7 Å². The van der Waals surface area contributed by atoms with Gasteiger partial charge in [0.25, 0.3) is 0 Å². The Kier molecular flexibility index (Phi) is 6.90. The fourth-order valence-electron chi connectivity index (χ4n) is 4.04. The molecule has 1 amide bonds. The van der Waals surface area contributed by atoms with Gasteiger partial charge in [-0.3, -0.25) is 4.79 Å². The van der Waals surface area contributed by atoms with Crippen molar-refractivity contribution in [2.24, 2.45) is 11.8 Å². The standard InChI is InChI=1S/C24H28ClFN2O2/c25-21-7-3-8-22(26)20(21)16-30-23-9-2-1-6-19(23)14-27-13-17-5-4-12-28(15-17)24(29)18-10-11-18/h1-3,6-9,17-18,27H,4-5,10-16H2. The van der Waals surface area contributed by atoms with Gasteiger partial charge in [0.15, 0.2) is 0 Å². The van der Waals surface area contributed by atoms with Crippen molar-refractivity contribution < 1.29 is 13.9 Å². The third-order valence-electron chi connectivity index (χ3n) is 5.91. The van der Waals surface area contributed by atoms with Crippen LogP contribution in [-0.2, 0) is 17.9 Å². The Bertz CT molecular complexity index is 867. The molecule has 1 heterocycles. The molecule has 4 rings (SSSR count). The normalized spacial score (nSPS) is 19.0. The van der Waals surface area contributed by atoms with E-state index in [2.05, 4.69) is 10.2 Å². The van der Waals surface area contributed by atoms with E-state index in [9.17, 15) is 9.18 Å². The number of piperidine rings is 1. The first-order valence-electron chi connectivity index (χ1n) is 10.7. The summed E-state index contributed by atoms with van der Waals surface area (Å²) < 4.78 is 19.9. The highest BCUT2D eigenvalue weighted by Crippen LogP contribution is 2.32. The highest BCUT2D eigenvalue weighted by atomic mass is 35.5. The van der Waals surface area contributed by atoms with Crippen molar-refractivity contribution in [1.29, 1.82) is 0 Å². The van der Waals surface area contributed by atoms with E-state index in [-0.39, 0.29) is 12.4 Å². The Hall–Kier alpha value is -2.11. The van der Waals surface area contributed by atoms with E-state index in [1.807, 2.05) is 24.3 Å². The summed E-state index contributed by atoms with van der Waals surface area (Å²) >= 11 is 6.10. The monoisotopic (exact) mass is 430 g/mol. The fraction of sp³-hybridized carbons (Fsp3) is 0.458. The Morgan fingerprint density at radius 3 is 2.80 bits per heavy atom. The lowest BCUT2D eigenvalue weighted by atomic mass is 9.97. The van der Waals surface area contributed by atoms with E-state index in [0.717, 1.165) is 56.6 Å². The highest BCUT2D eigenvalue weighted by Gasteiger charge is 2.35. The number of benzene rings is 2. The predicted molar refractivity (Wildman–Crippen MR) is 116 cm³/mol. The van der Waals surface area contributed by atoms with Crippen molar-refractivity contribution in [3.63, 3.8) is 0 Å². The molecule has 0 radical (unpaired) electrons. The Labute approximate surface area is 182 Å². The maximum atomic E-state index is 14.0. The lowest BCUT2D eigenvalue weighted by molar-refractivity contribution is -0.134. The maximum Gasteiger partial charge on any atom is 0.225 e. The number of amides is 1. The molecule has 1 saturated carbocycles. The van der Waals surface area contributed by atoms with Gasteiger partial charge in [-0.2, -0.15) is 0 Å². The molecule has 0 aromatic heterocycles. The molecule has 1 aliphatic heterocycles. The Balaban J connectivity index is 1.29. The zero-order chi connectivity index (χ0) is 20.9. The molecule has 2 aromatic carbocycles. The minimum Gasteiger partial charge on any atom is -0.488 e. The van der Waals surface area contributed by atoms with Crippen molar-refractivity contribution in [2.75, 3.05) is 19.6 Å². The van der Waals surface area contributed by atoms with Crippen LogP contribution in [0.1, 0.15) is 36.8 Å². The number of ether oxygens (including phenoxy) is 1. The zero-order valence-corrected chi connectivity index (χ0v) is 17.8. The first kappa shape index (κ1) is 21.1. The topological polar surface area (TPSA) is 41.6 Å². The first-order valence-corrected chi connectivity index (χ1v) is 11.1. The summed E-state index contributed by atoms with van der Waals surface area (Å²) in [4.78, 5) is 14.4. The van der Waals surface area contributed by atoms with Crippen LogP contribution >= 0.6 is 11.6 Å². The lowest BCUT2D eigenvalue weighted by Gasteiger charge is -2.33. The van der Waals surface area contributed by atoms with Gasteiger partial charge >= 0.3 is 0 Å². The van der Waals surface area contributed by atoms with Crippen molar-refractivity contribution in [3.05, 3.63) is 64.4 Å². The largest absolute Gasteiger partial charge is 0.488 e. The van der Waals surface area contributed by atoms with Crippen molar-refractivity contribution in [2.45, 2.75) is 38.8 Å². The minimum atomic E-state index is -0.360. The number of hydrogen-bond acceptors (Lipinski definition) is 3. The van der Waals surface area contributed by atoms with Crippen LogP contribution in [-0.4, -0.2) is 30.4 Å². The number of carbonyl (C=O) groups excluding carboxylic acids is 1. The minimum absolute atomic E-state index is 0.0867. The Morgan fingerprint density at radius 1 is 1.17 bits per heavy atom. The average molecular weight is 431 g/mol. The summed E-state index contributed by atoms with van der Waals surface area (Å²) in [5.74, 6) is 1.49. The van der Waals surface area contributed by atoms with Crippen molar-refractivity contribution in [3.8, 4) is 5.75 Å². The summed E-state index contributed by atoms with van der Waals surface area (Å²) in [6, 6.07) is 12.4. The highest BCUT2D eigenvalue weighted by molar-refractivity contribution is 6.31. The first-order chi connectivity index (χ1) is 14.6. The van der Waals surface area contributed by atoms with Crippen LogP contribution in [0.25, 0.3) is 0 Å². The van der Waals surface area contributed by atoms with Crippen LogP contribution in [0.5, 0.6) is 5.75 Å². The van der Waals surface area contributed by atoms with Gasteiger partial charge in [-0.15, -0.1) is 0 Å². The van der Waals surface area contributed by atoms with E-state index in [1.165, 1.54) is 6.07 Å². The maximum absolute atomic E-state index is 14.0. The molecule has 1 saturated heterocycles. The van der Waals surface area contributed by atoms with Crippen LogP contribution in [0.15, 0.2) is 42.5 Å². The summed E-state index contributed by atoms with van der Waals surface area (Å²) in [7, 11) is 0. The van der Waals surface area contributed by atoms with Gasteiger partial charge < -0.3 is 15.0 Å². The van der Waals surface area contributed by atoms with Gasteiger partial charge in [-0.1, -0.05) is 35.9 Å². The smallest absolute Gasteiger partial charge is 0.225 e. The molecular weight excluding hydrogens is 403 g/mol. The van der Waals surface area contributed by atoms with Gasteiger partial charge in [0.2, 0.25) is 5.91 Å². The Morgan fingerprint density at radius 2 is 2.00 bits per heavy atom. The molecule has 1 atom stereocenters. The summed E-state index contributed by atoms with van der Waals surface area (Å²) in [6.45, 7) is 3.37. The van der Waals surface area contributed by atoms with E-state index in [4.69, 9.17) is 16.3 Å². The molecule has 0 bridgehead atoms. The molecule has 2 aromatic rings. The quantitative estimate of drug-likeness (QED) is 0.654. The van der Waals surface area contributed by atoms with E-state index in [0.29, 0.717) is 34.9 Å². The number of para-hydroxylation sites is 1. The van der Waals surface area contributed by atoms with Crippen LogP contribution in [0.3, 0.4) is 0 Å². The molecule has 2 fully saturated rings. The van der Waals surface area contributed by atoms with E-state index in [1.54, 1.807) is 12.1 Å². The summed E-state index contributed by atoms with van der Waals surface area (Å²) in [5, 5.41) is 3.89. The van der Waals surface area contributed by atoms with Crippen LogP contribution in [0.2, 0.25) is 5.02 Å². The summed E-state index contributed by atoms with van der Waals surface area (Å²) in [6.07, 6.45) is 4.35. The molecule has 6 heteroatoms. The van der Waals surface area contributed by atoms with Crippen LogP contribution < -0.4 is 10.1 Å². The molecule has 2 aliphatic rings.